The van der Waals surface area contributed by atoms with Gasteiger partial charge in [0.05, 0.1) is 12.1 Å². The van der Waals surface area contributed by atoms with E-state index in [1.807, 2.05) is 0 Å². The van der Waals surface area contributed by atoms with E-state index in [2.05, 4.69) is 25.7 Å². The number of rotatable bonds is 4. The van der Waals surface area contributed by atoms with Crippen LogP contribution in [0.3, 0.4) is 0 Å². The minimum absolute atomic E-state index is 0.179. The third-order valence-corrected chi connectivity index (χ3v) is 3.89. The van der Waals surface area contributed by atoms with Crippen LogP contribution in [0.2, 0.25) is 0 Å². The molecule has 0 aromatic carbocycles. The highest BCUT2D eigenvalue weighted by Crippen LogP contribution is 2.26. The lowest BCUT2D eigenvalue weighted by molar-refractivity contribution is -0.144. The van der Waals surface area contributed by atoms with Gasteiger partial charge in [-0.25, -0.2) is 9.78 Å². The highest BCUT2D eigenvalue weighted by molar-refractivity contribution is 7.14. The first-order valence-corrected chi connectivity index (χ1v) is 7.50. The van der Waals surface area contributed by atoms with Crippen LogP contribution in [-0.2, 0) is 17.4 Å². The number of urea groups is 1. The lowest BCUT2D eigenvalue weighted by Crippen LogP contribution is -2.27. The van der Waals surface area contributed by atoms with E-state index in [0.717, 1.165) is 0 Å². The van der Waals surface area contributed by atoms with Crippen molar-refractivity contribution in [1.82, 2.24) is 25.5 Å². The Balaban J connectivity index is 1.60. The van der Waals surface area contributed by atoms with Crippen LogP contribution in [0.25, 0.3) is 0 Å². The van der Waals surface area contributed by atoms with Gasteiger partial charge in [-0.3, -0.25) is 20.1 Å². The predicted molar refractivity (Wildman–Crippen MR) is 76.6 cm³/mol. The molecule has 3 amide bonds. The summed E-state index contributed by atoms with van der Waals surface area (Å²) in [6, 6.07) is -0.263. The van der Waals surface area contributed by atoms with Crippen molar-refractivity contribution in [2.24, 2.45) is 0 Å². The van der Waals surface area contributed by atoms with Crippen LogP contribution in [0.1, 0.15) is 11.5 Å². The van der Waals surface area contributed by atoms with Gasteiger partial charge < -0.3 is 5.32 Å². The molecule has 3 rings (SSSR count). The van der Waals surface area contributed by atoms with E-state index in [1.54, 1.807) is 10.5 Å². The number of halogens is 3. The van der Waals surface area contributed by atoms with Gasteiger partial charge in [0.25, 0.3) is 0 Å². The number of nitrogens with one attached hydrogen (secondary N) is 3. The summed E-state index contributed by atoms with van der Waals surface area (Å²) < 4.78 is 37.1. The van der Waals surface area contributed by atoms with E-state index in [0.29, 0.717) is 23.9 Å². The fourth-order valence-electron chi connectivity index (χ4n) is 1.93. The van der Waals surface area contributed by atoms with Gasteiger partial charge >= 0.3 is 12.2 Å². The average Bonchev–Trinajstić information content (AvgIpc) is 3.18. The summed E-state index contributed by atoms with van der Waals surface area (Å²) in [7, 11) is 0. The molecule has 128 valence electrons. The van der Waals surface area contributed by atoms with Gasteiger partial charge in [0.15, 0.2) is 5.13 Å². The monoisotopic (exact) mass is 361 g/mol. The Bertz CT molecular complexity index is 772. The zero-order chi connectivity index (χ0) is 17.3. The van der Waals surface area contributed by atoms with E-state index in [-0.39, 0.29) is 12.5 Å². The van der Waals surface area contributed by atoms with Crippen LogP contribution in [-0.4, -0.2) is 45.2 Å². The average molecular weight is 361 g/mol. The Morgan fingerprint density at radius 3 is 2.83 bits per heavy atom. The van der Waals surface area contributed by atoms with Crippen LogP contribution < -0.4 is 15.5 Å². The zero-order valence-electron chi connectivity index (χ0n) is 11.8. The number of carbonyl (C=O) groups excluding carboxylic acids is 2. The SMILES string of the molecule is O=C(Cc1csc(N2CCNC2=O)n1)Nc1n[nH]c(C(F)(F)F)n1. The Kier molecular flexibility index (Phi) is 4.09. The van der Waals surface area contributed by atoms with Crippen molar-refractivity contribution in [2.75, 3.05) is 23.3 Å². The van der Waals surface area contributed by atoms with Gasteiger partial charge in [-0.15, -0.1) is 16.4 Å². The molecular weight excluding hydrogens is 351 g/mol. The first kappa shape index (κ1) is 16.2. The maximum atomic E-state index is 12.4. The summed E-state index contributed by atoms with van der Waals surface area (Å²) >= 11 is 1.19. The minimum atomic E-state index is -4.67. The molecule has 2 aromatic rings. The number of aromatic nitrogens is 4. The molecule has 0 atom stereocenters. The van der Waals surface area contributed by atoms with Gasteiger partial charge in [-0.2, -0.15) is 18.2 Å². The van der Waals surface area contributed by atoms with E-state index < -0.39 is 23.9 Å². The first-order valence-electron chi connectivity index (χ1n) is 6.62. The number of carbonyl (C=O) groups is 2. The minimum Gasteiger partial charge on any atom is -0.336 e. The zero-order valence-corrected chi connectivity index (χ0v) is 12.7. The smallest absolute Gasteiger partial charge is 0.336 e. The molecule has 0 saturated carbocycles. The molecule has 0 aliphatic carbocycles. The molecule has 9 nitrogen and oxygen atoms in total. The van der Waals surface area contributed by atoms with Crippen LogP contribution in [0.15, 0.2) is 5.38 Å². The van der Waals surface area contributed by atoms with Crippen molar-refractivity contribution in [3.63, 3.8) is 0 Å². The van der Waals surface area contributed by atoms with Crippen molar-refractivity contribution in [1.29, 1.82) is 0 Å². The van der Waals surface area contributed by atoms with Crippen molar-refractivity contribution in [2.45, 2.75) is 12.6 Å². The largest absolute Gasteiger partial charge is 0.451 e. The van der Waals surface area contributed by atoms with Crippen LogP contribution >= 0.6 is 11.3 Å². The van der Waals surface area contributed by atoms with Gasteiger partial charge in [0.2, 0.25) is 17.7 Å². The number of alkyl halides is 3. The third kappa shape index (κ3) is 3.45. The van der Waals surface area contributed by atoms with Crippen molar-refractivity contribution < 1.29 is 22.8 Å². The molecular formula is C11H10F3N7O2S. The fraction of sp³-hybridized carbons (Fsp3) is 0.364. The molecule has 1 fully saturated rings. The summed E-state index contributed by atoms with van der Waals surface area (Å²) in [4.78, 5) is 32.1. The Labute approximate surface area is 136 Å². The number of amides is 3. The maximum absolute atomic E-state index is 12.4. The summed E-state index contributed by atoms with van der Waals surface area (Å²) in [5.74, 6) is -2.39. The number of hydrogen-bond acceptors (Lipinski definition) is 6. The van der Waals surface area contributed by atoms with Crippen LogP contribution in [0.5, 0.6) is 0 Å². The summed E-state index contributed by atoms with van der Waals surface area (Å²) in [5, 5.41) is 11.8. The number of anilines is 2. The number of thiazole rings is 1. The molecule has 0 bridgehead atoms. The molecule has 0 unspecified atom stereocenters. The highest BCUT2D eigenvalue weighted by Gasteiger charge is 2.35. The van der Waals surface area contributed by atoms with E-state index in [1.165, 1.54) is 16.2 Å². The molecule has 13 heteroatoms. The quantitative estimate of drug-likeness (QED) is 0.751. The van der Waals surface area contributed by atoms with Crippen molar-refractivity contribution >= 4 is 34.4 Å². The van der Waals surface area contributed by atoms with Crippen LogP contribution in [0, 0.1) is 0 Å². The first-order chi connectivity index (χ1) is 11.3. The standard InChI is InChI=1S/C11H10F3N7O2S/c12-11(13,14)7-18-8(20-19-7)17-6(22)3-5-4-24-10(16-5)21-2-1-15-9(21)23/h4H,1-3H2,(H,15,23)(H2,17,18,19,20,22). The fourth-order valence-corrected chi connectivity index (χ4v) is 2.78. The highest BCUT2D eigenvalue weighted by atomic mass is 32.1. The maximum Gasteiger partial charge on any atom is 0.451 e. The Morgan fingerprint density at radius 2 is 2.21 bits per heavy atom. The second kappa shape index (κ2) is 6.07. The normalized spacial score (nSPS) is 14.8. The van der Waals surface area contributed by atoms with E-state index in [9.17, 15) is 22.8 Å². The lowest BCUT2D eigenvalue weighted by Gasteiger charge is -2.08. The van der Waals surface area contributed by atoms with E-state index in [4.69, 9.17) is 0 Å². The number of hydrogen-bond donors (Lipinski definition) is 3. The number of H-pyrrole nitrogens is 1. The molecule has 1 aliphatic heterocycles. The van der Waals surface area contributed by atoms with Crippen molar-refractivity contribution in [3.05, 3.63) is 16.9 Å². The van der Waals surface area contributed by atoms with Gasteiger partial charge in [-0.05, 0) is 0 Å². The molecule has 0 radical (unpaired) electrons. The van der Waals surface area contributed by atoms with Gasteiger partial charge in [0.1, 0.15) is 0 Å². The molecule has 2 aromatic heterocycles. The molecule has 3 heterocycles. The molecule has 0 spiro atoms. The van der Waals surface area contributed by atoms with Crippen LogP contribution in [0.4, 0.5) is 29.0 Å². The predicted octanol–water partition coefficient (Wildman–Crippen LogP) is 0.991. The van der Waals surface area contributed by atoms with E-state index >= 15 is 0 Å². The Morgan fingerprint density at radius 1 is 1.42 bits per heavy atom. The summed E-state index contributed by atoms with van der Waals surface area (Å²) in [5.41, 5.74) is 0.388. The number of nitrogens with zero attached hydrogens (tertiary/aromatic N) is 4. The topological polar surface area (TPSA) is 116 Å². The Hall–Kier alpha value is -2.70. The molecule has 3 N–H and O–H groups in total. The summed E-state index contributed by atoms with van der Waals surface area (Å²) in [6.07, 6.45) is -4.85. The molecule has 24 heavy (non-hydrogen) atoms. The number of aromatic amines is 1. The third-order valence-electron chi connectivity index (χ3n) is 2.97. The van der Waals surface area contributed by atoms with Gasteiger partial charge in [-0.1, -0.05) is 0 Å². The molecule has 1 aliphatic rings. The second-order valence-corrected chi connectivity index (χ2v) is 5.57. The second-order valence-electron chi connectivity index (χ2n) is 4.74. The van der Waals surface area contributed by atoms with Crippen molar-refractivity contribution in [3.8, 4) is 0 Å². The summed E-state index contributed by atoms with van der Waals surface area (Å²) in [6.45, 7) is 0.996. The molecule has 1 saturated heterocycles. The lowest BCUT2D eigenvalue weighted by atomic mass is 10.3. The van der Waals surface area contributed by atoms with Gasteiger partial charge in [0, 0.05) is 18.5 Å².